The zero-order valence-electron chi connectivity index (χ0n) is 24.0. The molecule has 2 unspecified atom stereocenters. The number of carbonyl (C=O) groups excluding carboxylic acids is 3. The van der Waals surface area contributed by atoms with Crippen LogP contribution in [-0.4, -0.2) is 54.0 Å². The van der Waals surface area contributed by atoms with Gasteiger partial charge in [0.2, 0.25) is 5.91 Å². The number of ether oxygens (including phenoxy) is 1. The average molecular weight is 570 g/mol. The van der Waals surface area contributed by atoms with Crippen LogP contribution in [0.5, 0.6) is 5.75 Å². The number of amides is 4. The Morgan fingerprint density at radius 2 is 1.60 bits per heavy atom. The molecule has 9 nitrogen and oxygen atoms in total. The molecule has 2 aliphatic rings. The Labute approximate surface area is 247 Å². The third kappa shape index (κ3) is 6.57. The highest BCUT2D eigenvalue weighted by molar-refractivity contribution is 5.97. The van der Waals surface area contributed by atoms with E-state index >= 15 is 0 Å². The predicted octanol–water partition coefficient (Wildman–Crippen LogP) is 4.45. The lowest BCUT2D eigenvalue weighted by atomic mass is 9.83. The summed E-state index contributed by atoms with van der Waals surface area (Å²) >= 11 is 0. The highest BCUT2D eigenvalue weighted by atomic mass is 16.5. The molecule has 220 valence electrons. The van der Waals surface area contributed by atoms with Gasteiger partial charge in [-0.15, -0.1) is 0 Å². The van der Waals surface area contributed by atoms with Crippen molar-refractivity contribution in [1.29, 1.82) is 0 Å². The van der Waals surface area contributed by atoms with E-state index in [2.05, 4.69) is 10.6 Å². The third-order valence-electron chi connectivity index (χ3n) is 8.28. The largest absolute Gasteiger partial charge is 0.497 e. The molecule has 1 aliphatic carbocycles. The first-order valence-corrected chi connectivity index (χ1v) is 14.6. The van der Waals surface area contributed by atoms with Gasteiger partial charge < -0.3 is 26.0 Å². The van der Waals surface area contributed by atoms with Crippen molar-refractivity contribution in [2.24, 2.45) is 11.7 Å². The fourth-order valence-electron chi connectivity index (χ4n) is 6.12. The molecule has 0 aromatic heterocycles. The van der Waals surface area contributed by atoms with Crippen LogP contribution < -0.4 is 21.1 Å². The maximum atomic E-state index is 14.4. The Morgan fingerprint density at radius 1 is 0.905 bits per heavy atom. The maximum Gasteiger partial charge on any atom is 0.323 e. The zero-order valence-corrected chi connectivity index (χ0v) is 24.0. The van der Waals surface area contributed by atoms with E-state index in [1.165, 1.54) is 4.90 Å². The maximum absolute atomic E-state index is 14.4. The van der Waals surface area contributed by atoms with Crippen molar-refractivity contribution in [3.05, 3.63) is 95.6 Å². The number of nitrogens with zero attached hydrogens (tertiary/aromatic N) is 2. The summed E-state index contributed by atoms with van der Waals surface area (Å²) in [5.41, 5.74) is 9.17. The molecule has 0 spiro atoms. The molecule has 4 N–H and O–H groups in total. The molecule has 1 aliphatic heterocycles. The molecule has 1 heterocycles. The van der Waals surface area contributed by atoms with E-state index in [-0.39, 0.29) is 37.4 Å². The lowest BCUT2D eigenvalue weighted by molar-refractivity contribution is -0.143. The molecule has 0 radical (unpaired) electrons. The summed E-state index contributed by atoms with van der Waals surface area (Å²) in [7, 11) is 1.58. The Balaban J connectivity index is 1.41. The van der Waals surface area contributed by atoms with Crippen LogP contribution in [0.1, 0.15) is 48.3 Å². The number of hydrogen-bond donors (Lipinski definition) is 3. The van der Waals surface area contributed by atoms with E-state index in [1.807, 2.05) is 54.6 Å². The molecular formula is C33H39N5O4. The van der Waals surface area contributed by atoms with Gasteiger partial charge in [0.25, 0.3) is 5.91 Å². The summed E-state index contributed by atoms with van der Waals surface area (Å²) in [4.78, 5) is 44.8. The third-order valence-corrected chi connectivity index (χ3v) is 8.28. The SMILES string of the molecule is COc1ccc(NC(=O)N2CCN(C(=O)C(c3ccccc3)C3CCCC3)C2C(=O)NCc2cccc(CN)c2)cc1. The molecule has 2 fully saturated rings. The van der Waals surface area contributed by atoms with Gasteiger partial charge in [-0.05, 0) is 59.7 Å². The first-order chi connectivity index (χ1) is 20.5. The summed E-state index contributed by atoms with van der Waals surface area (Å²) in [6, 6.07) is 24.0. The van der Waals surface area contributed by atoms with Gasteiger partial charge in [-0.2, -0.15) is 0 Å². The summed E-state index contributed by atoms with van der Waals surface area (Å²) in [6.45, 7) is 1.16. The van der Waals surface area contributed by atoms with Crippen molar-refractivity contribution in [3.8, 4) is 5.75 Å². The first kappa shape index (κ1) is 29.1. The van der Waals surface area contributed by atoms with Crippen molar-refractivity contribution in [2.75, 3.05) is 25.5 Å². The molecule has 2 atom stereocenters. The lowest BCUT2D eigenvalue weighted by Gasteiger charge is -2.33. The molecule has 3 aromatic carbocycles. The second kappa shape index (κ2) is 13.5. The van der Waals surface area contributed by atoms with E-state index in [0.29, 0.717) is 18.0 Å². The highest BCUT2D eigenvalue weighted by Crippen LogP contribution is 2.39. The van der Waals surface area contributed by atoms with Crippen LogP contribution in [0.3, 0.4) is 0 Å². The highest BCUT2D eigenvalue weighted by Gasteiger charge is 2.46. The van der Waals surface area contributed by atoms with Crippen molar-refractivity contribution in [1.82, 2.24) is 15.1 Å². The molecule has 5 rings (SSSR count). The Bertz CT molecular complexity index is 1370. The molecule has 0 bridgehead atoms. The second-order valence-electron chi connectivity index (χ2n) is 10.9. The molecule has 1 saturated carbocycles. The summed E-state index contributed by atoms with van der Waals surface area (Å²) in [6.07, 6.45) is 3.03. The first-order valence-electron chi connectivity index (χ1n) is 14.6. The number of carbonyl (C=O) groups is 3. The molecule has 3 aromatic rings. The Hall–Kier alpha value is -4.37. The fraction of sp³-hybridized carbons (Fsp3) is 0.364. The fourth-order valence-corrected chi connectivity index (χ4v) is 6.12. The monoisotopic (exact) mass is 569 g/mol. The van der Waals surface area contributed by atoms with E-state index in [0.717, 1.165) is 42.4 Å². The summed E-state index contributed by atoms with van der Waals surface area (Å²) in [5, 5.41) is 5.86. The summed E-state index contributed by atoms with van der Waals surface area (Å²) in [5.74, 6) is -0.0133. The van der Waals surface area contributed by atoms with Crippen molar-refractivity contribution in [3.63, 3.8) is 0 Å². The van der Waals surface area contributed by atoms with E-state index in [1.54, 1.807) is 36.3 Å². The number of benzene rings is 3. The number of nitrogens with one attached hydrogen (secondary N) is 2. The molecule has 1 saturated heterocycles. The van der Waals surface area contributed by atoms with Gasteiger partial charge in [0.1, 0.15) is 5.75 Å². The van der Waals surface area contributed by atoms with Gasteiger partial charge in [0.05, 0.1) is 13.0 Å². The molecule has 4 amide bonds. The van der Waals surface area contributed by atoms with Crippen LogP contribution in [0.4, 0.5) is 10.5 Å². The van der Waals surface area contributed by atoms with Gasteiger partial charge in [0, 0.05) is 31.9 Å². The van der Waals surface area contributed by atoms with Gasteiger partial charge >= 0.3 is 6.03 Å². The van der Waals surface area contributed by atoms with Crippen LogP contribution in [0.15, 0.2) is 78.9 Å². The Kier molecular flexibility index (Phi) is 9.38. The normalized spacial score (nSPS) is 17.6. The van der Waals surface area contributed by atoms with Gasteiger partial charge in [-0.1, -0.05) is 67.4 Å². The number of urea groups is 1. The zero-order chi connectivity index (χ0) is 29.5. The lowest BCUT2D eigenvalue weighted by Crippen LogP contribution is -2.55. The standard InChI is InChI=1S/C33H39N5O4/c1-42-28-16-14-27(15-17-28)36-33(41)38-19-18-37(31(38)30(39)35-22-24-9-7-8-23(20-24)21-34)32(40)29(26-12-5-6-13-26)25-10-3-2-4-11-25/h2-4,7-11,14-17,20,26,29,31H,5-6,12-13,18-19,21-22,34H2,1H3,(H,35,39)(H,36,41). The molecule has 42 heavy (non-hydrogen) atoms. The number of hydrogen-bond acceptors (Lipinski definition) is 5. The van der Waals surface area contributed by atoms with Crippen LogP contribution in [0, 0.1) is 5.92 Å². The van der Waals surface area contributed by atoms with Crippen LogP contribution in [-0.2, 0) is 22.7 Å². The predicted molar refractivity (Wildman–Crippen MR) is 162 cm³/mol. The quantitative estimate of drug-likeness (QED) is 0.352. The number of nitrogens with two attached hydrogens (primary N) is 1. The minimum Gasteiger partial charge on any atom is -0.497 e. The van der Waals surface area contributed by atoms with Crippen LogP contribution in [0.25, 0.3) is 0 Å². The number of rotatable bonds is 9. The van der Waals surface area contributed by atoms with E-state index in [4.69, 9.17) is 10.5 Å². The van der Waals surface area contributed by atoms with Gasteiger partial charge in [-0.25, -0.2) is 4.79 Å². The molecule has 9 heteroatoms. The van der Waals surface area contributed by atoms with E-state index in [9.17, 15) is 14.4 Å². The molecular weight excluding hydrogens is 530 g/mol. The van der Waals surface area contributed by atoms with Gasteiger partial charge in [-0.3, -0.25) is 14.5 Å². The Morgan fingerprint density at radius 3 is 2.29 bits per heavy atom. The van der Waals surface area contributed by atoms with Crippen LogP contribution in [0.2, 0.25) is 0 Å². The average Bonchev–Trinajstić information content (AvgIpc) is 3.72. The number of anilines is 1. The minimum absolute atomic E-state index is 0.113. The summed E-state index contributed by atoms with van der Waals surface area (Å²) < 4.78 is 5.21. The van der Waals surface area contributed by atoms with E-state index < -0.39 is 18.1 Å². The second-order valence-corrected chi connectivity index (χ2v) is 10.9. The van der Waals surface area contributed by atoms with Crippen LogP contribution >= 0.6 is 0 Å². The topological polar surface area (TPSA) is 117 Å². The number of methoxy groups -OCH3 is 1. The smallest absolute Gasteiger partial charge is 0.323 e. The van der Waals surface area contributed by atoms with Crippen molar-refractivity contribution >= 4 is 23.5 Å². The minimum atomic E-state index is -1.08. The van der Waals surface area contributed by atoms with Crippen molar-refractivity contribution in [2.45, 2.75) is 50.9 Å². The van der Waals surface area contributed by atoms with Gasteiger partial charge in [0.15, 0.2) is 6.17 Å². The van der Waals surface area contributed by atoms with Crippen molar-refractivity contribution < 1.29 is 19.1 Å².